The zero-order chi connectivity index (χ0) is 16.2. The fourth-order valence-corrected chi connectivity index (χ4v) is 2.76. The van der Waals surface area contributed by atoms with E-state index >= 15 is 0 Å². The summed E-state index contributed by atoms with van der Waals surface area (Å²) >= 11 is 0. The van der Waals surface area contributed by atoms with Crippen LogP contribution in [0.5, 0.6) is 5.75 Å². The van der Waals surface area contributed by atoms with E-state index in [1.807, 2.05) is 54.6 Å². The molecule has 0 spiro atoms. The minimum absolute atomic E-state index is 0.0177. The van der Waals surface area contributed by atoms with Crippen molar-refractivity contribution in [1.82, 2.24) is 0 Å². The standard InChI is InChI=1S/C20H18O3/c1-2-23-20(22)18-13-15(12-14-8-4-3-5-9-14)16-10-6-7-11-17(16)19(18)21/h3-11,13,21H,2,12H2,1H3. The molecule has 0 aliphatic heterocycles. The molecule has 0 aliphatic carbocycles. The highest BCUT2D eigenvalue weighted by Crippen LogP contribution is 2.33. The first kappa shape index (κ1) is 15.1. The molecule has 23 heavy (non-hydrogen) atoms. The maximum absolute atomic E-state index is 12.1. The molecule has 3 heteroatoms. The number of phenols is 1. The summed E-state index contributed by atoms with van der Waals surface area (Å²) in [4.78, 5) is 12.1. The van der Waals surface area contributed by atoms with Crippen molar-refractivity contribution in [2.45, 2.75) is 13.3 Å². The highest BCUT2D eigenvalue weighted by Gasteiger charge is 2.18. The zero-order valence-corrected chi connectivity index (χ0v) is 13.0. The van der Waals surface area contributed by atoms with Gasteiger partial charge < -0.3 is 9.84 Å². The van der Waals surface area contributed by atoms with E-state index in [0.29, 0.717) is 11.8 Å². The second-order valence-corrected chi connectivity index (χ2v) is 5.36. The average Bonchev–Trinajstić information content (AvgIpc) is 2.58. The van der Waals surface area contributed by atoms with E-state index in [4.69, 9.17) is 4.74 Å². The van der Waals surface area contributed by atoms with E-state index in [9.17, 15) is 9.90 Å². The zero-order valence-electron chi connectivity index (χ0n) is 13.0. The van der Waals surface area contributed by atoms with Crippen LogP contribution in [0.2, 0.25) is 0 Å². The predicted molar refractivity (Wildman–Crippen MR) is 90.8 cm³/mol. The van der Waals surface area contributed by atoms with E-state index in [-0.39, 0.29) is 17.9 Å². The summed E-state index contributed by atoms with van der Waals surface area (Å²) in [5.41, 5.74) is 2.36. The molecule has 0 aliphatic rings. The third kappa shape index (κ3) is 3.04. The molecule has 0 amide bonds. The number of esters is 1. The van der Waals surface area contributed by atoms with Crippen molar-refractivity contribution in [2.24, 2.45) is 0 Å². The Bertz CT molecular complexity index is 838. The van der Waals surface area contributed by atoms with Gasteiger partial charge in [-0.15, -0.1) is 0 Å². The van der Waals surface area contributed by atoms with Gasteiger partial charge >= 0.3 is 5.97 Å². The number of rotatable bonds is 4. The lowest BCUT2D eigenvalue weighted by atomic mass is 9.95. The quantitative estimate of drug-likeness (QED) is 0.730. The van der Waals surface area contributed by atoms with E-state index in [1.165, 1.54) is 0 Å². The first-order valence-electron chi connectivity index (χ1n) is 7.65. The Morgan fingerprint density at radius 2 is 1.65 bits per heavy atom. The Labute approximate surface area is 135 Å². The third-order valence-corrected chi connectivity index (χ3v) is 3.83. The molecule has 0 saturated heterocycles. The van der Waals surface area contributed by atoms with Gasteiger partial charge in [-0.05, 0) is 35.9 Å². The molecule has 0 heterocycles. The minimum Gasteiger partial charge on any atom is -0.506 e. The Kier molecular flexibility index (Phi) is 4.29. The van der Waals surface area contributed by atoms with Crippen LogP contribution in [0.15, 0.2) is 60.7 Å². The second-order valence-electron chi connectivity index (χ2n) is 5.36. The molecule has 116 valence electrons. The smallest absolute Gasteiger partial charge is 0.341 e. The van der Waals surface area contributed by atoms with Crippen molar-refractivity contribution in [3.63, 3.8) is 0 Å². The van der Waals surface area contributed by atoms with Crippen LogP contribution in [0.25, 0.3) is 10.8 Å². The van der Waals surface area contributed by atoms with Crippen LogP contribution >= 0.6 is 0 Å². The summed E-state index contributed by atoms with van der Waals surface area (Å²) in [5.74, 6) is -0.513. The molecule has 0 aromatic heterocycles. The summed E-state index contributed by atoms with van der Waals surface area (Å²) in [6.45, 7) is 2.03. The fraction of sp³-hybridized carbons (Fsp3) is 0.150. The van der Waals surface area contributed by atoms with Crippen LogP contribution in [-0.4, -0.2) is 17.7 Å². The van der Waals surface area contributed by atoms with Crippen LogP contribution in [0.3, 0.4) is 0 Å². The molecular formula is C20H18O3. The Morgan fingerprint density at radius 1 is 1.00 bits per heavy atom. The molecule has 3 aromatic carbocycles. The summed E-state index contributed by atoms with van der Waals surface area (Å²) in [7, 11) is 0. The molecule has 0 unspecified atom stereocenters. The first-order valence-corrected chi connectivity index (χ1v) is 7.65. The summed E-state index contributed by atoms with van der Waals surface area (Å²) in [5, 5.41) is 12.1. The highest BCUT2D eigenvalue weighted by atomic mass is 16.5. The lowest BCUT2D eigenvalue weighted by molar-refractivity contribution is 0.0523. The van der Waals surface area contributed by atoms with Gasteiger partial charge in [0.2, 0.25) is 0 Å². The number of aromatic hydroxyl groups is 1. The van der Waals surface area contributed by atoms with E-state index < -0.39 is 5.97 Å². The number of ether oxygens (including phenoxy) is 1. The van der Waals surface area contributed by atoms with Gasteiger partial charge in [-0.25, -0.2) is 4.79 Å². The van der Waals surface area contributed by atoms with Gasteiger partial charge in [0.05, 0.1) is 6.61 Å². The van der Waals surface area contributed by atoms with Crippen molar-refractivity contribution < 1.29 is 14.6 Å². The first-order chi connectivity index (χ1) is 11.2. The number of carbonyl (C=O) groups excluding carboxylic acids is 1. The van der Waals surface area contributed by atoms with Crippen LogP contribution in [-0.2, 0) is 11.2 Å². The normalized spacial score (nSPS) is 10.7. The summed E-state index contributed by atoms with van der Waals surface area (Å²) < 4.78 is 5.06. The summed E-state index contributed by atoms with van der Waals surface area (Å²) in [6.07, 6.45) is 0.689. The van der Waals surface area contributed by atoms with Gasteiger partial charge in [-0.2, -0.15) is 0 Å². The van der Waals surface area contributed by atoms with Gasteiger partial charge in [0, 0.05) is 5.39 Å². The molecule has 0 radical (unpaired) electrons. The molecule has 0 atom stereocenters. The Balaban J connectivity index is 2.15. The van der Waals surface area contributed by atoms with Gasteiger partial charge in [0.15, 0.2) is 0 Å². The van der Waals surface area contributed by atoms with Crippen molar-refractivity contribution in [1.29, 1.82) is 0 Å². The molecule has 0 bridgehead atoms. The van der Waals surface area contributed by atoms with Crippen molar-refractivity contribution in [3.8, 4) is 5.75 Å². The second kappa shape index (κ2) is 6.53. The minimum atomic E-state index is -0.495. The largest absolute Gasteiger partial charge is 0.506 e. The lowest BCUT2D eigenvalue weighted by Crippen LogP contribution is -2.06. The maximum atomic E-state index is 12.1. The lowest BCUT2D eigenvalue weighted by Gasteiger charge is -2.12. The molecule has 0 fully saturated rings. The number of benzene rings is 3. The topological polar surface area (TPSA) is 46.5 Å². The maximum Gasteiger partial charge on any atom is 0.341 e. The highest BCUT2D eigenvalue weighted by molar-refractivity contribution is 6.02. The van der Waals surface area contributed by atoms with Crippen LogP contribution in [0, 0.1) is 0 Å². The van der Waals surface area contributed by atoms with Crippen molar-refractivity contribution in [2.75, 3.05) is 6.61 Å². The van der Waals surface area contributed by atoms with Crippen molar-refractivity contribution in [3.05, 3.63) is 77.4 Å². The van der Waals surface area contributed by atoms with E-state index in [0.717, 1.165) is 16.5 Å². The fourth-order valence-electron chi connectivity index (χ4n) is 2.76. The summed E-state index contributed by atoms with van der Waals surface area (Å²) in [6, 6.07) is 19.4. The van der Waals surface area contributed by atoms with Crippen LogP contribution in [0.4, 0.5) is 0 Å². The molecule has 1 N–H and O–H groups in total. The van der Waals surface area contributed by atoms with Crippen LogP contribution < -0.4 is 0 Å². The van der Waals surface area contributed by atoms with Gasteiger partial charge in [0.25, 0.3) is 0 Å². The van der Waals surface area contributed by atoms with E-state index in [2.05, 4.69) is 0 Å². The monoisotopic (exact) mass is 306 g/mol. The molecule has 0 saturated carbocycles. The Hall–Kier alpha value is -2.81. The Morgan fingerprint density at radius 3 is 2.35 bits per heavy atom. The number of hydrogen-bond acceptors (Lipinski definition) is 3. The number of fused-ring (bicyclic) bond motifs is 1. The number of carbonyl (C=O) groups is 1. The molecule has 3 nitrogen and oxygen atoms in total. The van der Waals surface area contributed by atoms with Crippen LogP contribution in [0.1, 0.15) is 28.4 Å². The number of phenolic OH excluding ortho intramolecular Hbond substituents is 1. The van der Waals surface area contributed by atoms with E-state index in [1.54, 1.807) is 13.0 Å². The average molecular weight is 306 g/mol. The number of hydrogen-bond donors (Lipinski definition) is 1. The van der Waals surface area contributed by atoms with Gasteiger partial charge in [-0.1, -0.05) is 54.6 Å². The predicted octanol–water partition coefficient (Wildman–Crippen LogP) is 4.31. The molecule has 3 rings (SSSR count). The third-order valence-electron chi connectivity index (χ3n) is 3.83. The molecular weight excluding hydrogens is 288 g/mol. The SMILES string of the molecule is CCOC(=O)c1cc(Cc2ccccc2)c2ccccc2c1O. The van der Waals surface area contributed by atoms with Gasteiger partial charge in [0.1, 0.15) is 11.3 Å². The van der Waals surface area contributed by atoms with Crippen molar-refractivity contribution >= 4 is 16.7 Å². The van der Waals surface area contributed by atoms with Gasteiger partial charge in [-0.3, -0.25) is 0 Å². The molecule has 3 aromatic rings.